The van der Waals surface area contributed by atoms with E-state index in [9.17, 15) is 4.79 Å². The van der Waals surface area contributed by atoms with Gasteiger partial charge in [-0.15, -0.1) is 0 Å². The molecule has 2 aromatic rings. The molecule has 1 unspecified atom stereocenters. The summed E-state index contributed by atoms with van der Waals surface area (Å²) in [6.45, 7) is 1.96. The number of nitrogens with zero attached hydrogens (tertiary/aromatic N) is 3. The molecule has 14 heavy (non-hydrogen) atoms. The van der Waals surface area contributed by atoms with Gasteiger partial charge < -0.3 is 10.3 Å². The number of aromatic amines is 1. The molecule has 0 amide bonds. The Morgan fingerprint density at radius 2 is 2.36 bits per heavy atom. The molecule has 0 saturated carbocycles. The molecule has 0 aliphatic rings. The summed E-state index contributed by atoms with van der Waals surface area (Å²) in [5.74, 6) is 0. The van der Waals surface area contributed by atoms with Crippen LogP contribution >= 0.6 is 0 Å². The molecule has 0 aromatic carbocycles. The molecule has 0 aliphatic carbocycles. The van der Waals surface area contributed by atoms with Gasteiger partial charge in [-0.3, -0.25) is 9.36 Å². The van der Waals surface area contributed by atoms with Crippen LogP contribution in [0.25, 0.3) is 11.2 Å². The minimum absolute atomic E-state index is 0.0642. The van der Waals surface area contributed by atoms with E-state index in [1.807, 2.05) is 18.5 Å². The van der Waals surface area contributed by atoms with E-state index >= 15 is 0 Å². The smallest absolute Gasteiger partial charge is 0.278 e. The van der Waals surface area contributed by atoms with Crippen molar-refractivity contribution in [2.75, 3.05) is 7.05 Å². The summed E-state index contributed by atoms with van der Waals surface area (Å²) in [5, 5.41) is 3.05. The van der Waals surface area contributed by atoms with Gasteiger partial charge in [-0.25, -0.2) is 9.97 Å². The zero-order valence-corrected chi connectivity index (χ0v) is 7.98. The number of aromatic nitrogens is 4. The van der Waals surface area contributed by atoms with E-state index in [4.69, 9.17) is 0 Å². The fourth-order valence-electron chi connectivity index (χ4n) is 1.29. The maximum Gasteiger partial charge on any atom is 0.278 e. The second kappa shape index (κ2) is 3.22. The highest BCUT2D eigenvalue weighted by atomic mass is 16.1. The zero-order chi connectivity index (χ0) is 10.1. The van der Waals surface area contributed by atoms with Crippen molar-refractivity contribution in [2.24, 2.45) is 0 Å². The summed E-state index contributed by atoms with van der Waals surface area (Å²) in [6.07, 6.45) is 3.05. The molecular weight excluding hydrogens is 182 g/mol. The Bertz CT molecular complexity index is 500. The van der Waals surface area contributed by atoms with Crippen LogP contribution in [0.4, 0.5) is 0 Å². The van der Waals surface area contributed by atoms with Crippen molar-refractivity contribution < 1.29 is 0 Å². The maximum atomic E-state index is 11.3. The van der Waals surface area contributed by atoms with Gasteiger partial charge in [-0.1, -0.05) is 0 Å². The van der Waals surface area contributed by atoms with Crippen LogP contribution < -0.4 is 10.9 Å². The largest absolute Gasteiger partial charge is 0.311 e. The fraction of sp³-hybridized carbons (Fsp3) is 0.375. The lowest BCUT2D eigenvalue weighted by Gasteiger charge is -2.11. The van der Waals surface area contributed by atoms with E-state index in [2.05, 4.69) is 20.3 Å². The zero-order valence-electron chi connectivity index (χ0n) is 7.98. The topological polar surface area (TPSA) is 75.6 Å². The number of nitrogens with one attached hydrogen (secondary N) is 2. The summed E-state index contributed by atoms with van der Waals surface area (Å²) in [6, 6.07) is 0. The molecule has 2 rings (SSSR count). The van der Waals surface area contributed by atoms with Gasteiger partial charge in [0.2, 0.25) is 0 Å². The van der Waals surface area contributed by atoms with Gasteiger partial charge in [0.1, 0.15) is 0 Å². The first kappa shape index (κ1) is 8.89. The molecule has 0 spiro atoms. The van der Waals surface area contributed by atoms with E-state index < -0.39 is 0 Å². The number of imidazole rings is 1. The second-order valence-corrected chi connectivity index (χ2v) is 3.02. The van der Waals surface area contributed by atoms with E-state index in [0.717, 1.165) is 0 Å². The van der Waals surface area contributed by atoms with Gasteiger partial charge in [-0.05, 0) is 14.0 Å². The van der Waals surface area contributed by atoms with Crippen LogP contribution in [0.2, 0.25) is 0 Å². The predicted molar refractivity (Wildman–Crippen MR) is 51.9 cm³/mol. The van der Waals surface area contributed by atoms with Crippen molar-refractivity contribution in [1.82, 2.24) is 24.8 Å². The van der Waals surface area contributed by atoms with Crippen molar-refractivity contribution in [1.29, 1.82) is 0 Å². The quantitative estimate of drug-likeness (QED) is 0.696. The molecule has 0 bridgehead atoms. The molecule has 2 heterocycles. The molecule has 6 heteroatoms. The van der Waals surface area contributed by atoms with Gasteiger partial charge in [0.05, 0.1) is 18.8 Å². The first-order valence-corrected chi connectivity index (χ1v) is 4.31. The summed E-state index contributed by atoms with van der Waals surface area (Å²) in [7, 11) is 1.84. The van der Waals surface area contributed by atoms with Crippen LogP contribution in [-0.4, -0.2) is 26.6 Å². The van der Waals surface area contributed by atoms with Crippen LogP contribution in [0.3, 0.4) is 0 Å². The monoisotopic (exact) mass is 193 g/mol. The molecule has 2 aromatic heterocycles. The third-order valence-electron chi connectivity index (χ3n) is 2.20. The van der Waals surface area contributed by atoms with E-state index in [-0.39, 0.29) is 11.7 Å². The molecular formula is C8H11N5O. The van der Waals surface area contributed by atoms with E-state index in [0.29, 0.717) is 11.2 Å². The van der Waals surface area contributed by atoms with Crippen molar-refractivity contribution in [3.63, 3.8) is 0 Å². The van der Waals surface area contributed by atoms with E-state index in [1.165, 1.54) is 6.33 Å². The standard InChI is InChI=1S/C8H11N5O/c1-5(9-2)13-4-12-6-7(13)10-3-11-8(6)14/h3-5,9H,1-2H3,(H,10,11,14). The second-order valence-electron chi connectivity index (χ2n) is 3.02. The Morgan fingerprint density at radius 1 is 1.57 bits per heavy atom. The van der Waals surface area contributed by atoms with Crippen LogP contribution in [0.1, 0.15) is 13.1 Å². The van der Waals surface area contributed by atoms with Crippen LogP contribution in [0.15, 0.2) is 17.4 Å². The Hall–Kier alpha value is -1.69. The summed E-state index contributed by atoms with van der Waals surface area (Å²) >= 11 is 0. The Balaban J connectivity index is 2.70. The molecule has 0 saturated heterocycles. The highest BCUT2D eigenvalue weighted by Crippen LogP contribution is 2.08. The third kappa shape index (κ3) is 1.20. The molecule has 0 aliphatic heterocycles. The van der Waals surface area contributed by atoms with Gasteiger partial charge in [-0.2, -0.15) is 0 Å². The highest BCUT2D eigenvalue weighted by Gasteiger charge is 2.10. The van der Waals surface area contributed by atoms with Gasteiger partial charge >= 0.3 is 0 Å². The number of hydrogen-bond donors (Lipinski definition) is 2. The van der Waals surface area contributed by atoms with Gasteiger partial charge in [0.15, 0.2) is 11.2 Å². The SMILES string of the molecule is CNC(C)n1cnc2c(=O)[nH]cnc21. The highest BCUT2D eigenvalue weighted by molar-refractivity contribution is 5.68. The Labute approximate surface area is 80.0 Å². The Kier molecular flexibility index (Phi) is 2.05. The summed E-state index contributed by atoms with van der Waals surface area (Å²) in [4.78, 5) is 21.9. The molecule has 0 fully saturated rings. The minimum Gasteiger partial charge on any atom is -0.311 e. The Morgan fingerprint density at radius 3 is 3.07 bits per heavy atom. The number of H-pyrrole nitrogens is 1. The normalized spacial score (nSPS) is 13.3. The average molecular weight is 193 g/mol. The number of fused-ring (bicyclic) bond motifs is 1. The lowest BCUT2D eigenvalue weighted by Crippen LogP contribution is -2.19. The third-order valence-corrected chi connectivity index (χ3v) is 2.20. The first-order chi connectivity index (χ1) is 6.74. The van der Waals surface area contributed by atoms with Crippen LogP contribution in [0.5, 0.6) is 0 Å². The van der Waals surface area contributed by atoms with Gasteiger partial charge in [0, 0.05) is 0 Å². The fourth-order valence-corrected chi connectivity index (χ4v) is 1.29. The molecule has 6 nitrogen and oxygen atoms in total. The lowest BCUT2D eigenvalue weighted by atomic mass is 10.5. The summed E-state index contributed by atoms with van der Waals surface area (Å²) < 4.78 is 1.81. The van der Waals surface area contributed by atoms with Crippen LogP contribution in [0, 0.1) is 0 Å². The molecule has 74 valence electrons. The number of rotatable bonds is 2. The average Bonchev–Trinajstić information content (AvgIpc) is 2.62. The van der Waals surface area contributed by atoms with Crippen molar-refractivity contribution in [3.05, 3.63) is 23.0 Å². The summed E-state index contributed by atoms with van der Waals surface area (Å²) in [5.41, 5.74) is 0.752. The van der Waals surface area contributed by atoms with Crippen molar-refractivity contribution in [3.8, 4) is 0 Å². The first-order valence-electron chi connectivity index (χ1n) is 4.31. The van der Waals surface area contributed by atoms with E-state index in [1.54, 1.807) is 6.33 Å². The molecule has 2 N–H and O–H groups in total. The molecule has 0 radical (unpaired) electrons. The number of hydrogen-bond acceptors (Lipinski definition) is 4. The molecule has 1 atom stereocenters. The van der Waals surface area contributed by atoms with Crippen LogP contribution in [-0.2, 0) is 0 Å². The lowest BCUT2D eigenvalue weighted by molar-refractivity contribution is 0.486. The van der Waals surface area contributed by atoms with Crippen molar-refractivity contribution >= 4 is 11.2 Å². The maximum absolute atomic E-state index is 11.3. The van der Waals surface area contributed by atoms with Crippen molar-refractivity contribution in [2.45, 2.75) is 13.1 Å². The van der Waals surface area contributed by atoms with Gasteiger partial charge in [0.25, 0.3) is 5.56 Å². The minimum atomic E-state index is -0.211. The predicted octanol–water partition coefficient (Wildman–Crippen LogP) is -0.143.